The van der Waals surface area contributed by atoms with E-state index < -0.39 is 17.6 Å². The molecule has 0 radical (unpaired) electrons. The molecule has 1 heterocycles. The smallest absolute Gasteiger partial charge is 0.416 e. The lowest BCUT2D eigenvalue weighted by Gasteiger charge is -2.10. The van der Waals surface area contributed by atoms with Gasteiger partial charge in [-0.05, 0) is 43.7 Å². The number of ether oxygens (including phenoxy) is 1. The number of amides is 1. The van der Waals surface area contributed by atoms with E-state index in [0.717, 1.165) is 17.7 Å². The van der Waals surface area contributed by atoms with Gasteiger partial charge in [0.25, 0.3) is 5.91 Å². The van der Waals surface area contributed by atoms with Gasteiger partial charge in [-0.15, -0.1) is 11.3 Å². The van der Waals surface area contributed by atoms with E-state index in [1.807, 2.05) is 38.1 Å². The second-order valence-corrected chi connectivity index (χ2v) is 7.47. The number of carbonyl (C=O) groups excluding carboxylic acids is 1. The van der Waals surface area contributed by atoms with Crippen LogP contribution in [0.4, 0.5) is 13.2 Å². The predicted octanol–water partition coefficient (Wildman–Crippen LogP) is 5.55. The summed E-state index contributed by atoms with van der Waals surface area (Å²) in [5.74, 6) is 0.266. The molecule has 0 fully saturated rings. The second kappa shape index (κ2) is 8.65. The molecule has 29 heavy (non-hydrogen) atoms. The van der Waals surface area contributed by atoms with E-state index in [2.05, 4.69) is 10.3 Å². The van der Waals surface area contributed by atoms with Crippen LogP contribution in [0.3, 0.4) is 0 Å². The number of aromatic nitrogens is 1. The number of carbonyl (C=O) groups is 1. The maximum Gasteiger partial charge on any atom is 0.416 e. The first-order chi connectivity index (χ1) is 13.7. The van der Waals surface area contributed by atoms with Crippen LogP contribution in [0.1, 0.15) is 35.5 Å². The molecule has 0 saturated heterocycles. The quantitative estimate of drug-likeness (QED) is 0.569. The van der Waals surface area contributed by atoms with Gasteiger partial charge in [0.2, 0.25) is 0 Å². The van der Waals surface area contributed by atoms with Crippen LogP contribution < -0.4 is 10.1 Å². The molecule has 0 spiro atoms. The Balaban J connectivity index is 1.67. The molecule has 152 valence electrons. The summed E-state index contributed by atoms with van der Waals surface area (Å²) in [7, 11) is 0. The number of thiazole rings is 1. The van der Waals surface area contributed by atoms with Gasteiger partial charge in [-0.1, -0.05) is 24.3 Å². The monoisotopic (exact) mass is 420 g/mol. The molecular formula is C21H19F3N2O2S. The van der Waals surface area contributed by atoms with Crippen molar-refractivity contribution in [2.75, 3.05) is 0 Å². The number of nitrogens with one attached hydrogen (secondary N) is 1. The van der Waals surface area contributed by atoms with Crippen molar-refractivity contribution in [2.45, 2.75) is 32.7 Å². The molecule has 1 aromatic heterocycles. The average Bonchev–Trinajstić information content (AvgIpc) is 3.16. The second-order valence-electron chi connectivity index (χ2n) is 6.61. The molecule has 2 aromatic carbocycles. The first-order valence-corrected chi connectivity index (χ1v) is 9.77. The zero-order valence-electron chi connectivity index (χ0n) is 15.8. The summed E-state index contributed by atoms with van der Waals surface area (Å²) in [5.41, 5.74) is 0.656. The summed E-state index contributed by atoms with van der Waals surface area (Å²) in [5, 5.41) is 4.88. The van der Waals surface area contributed by atoms with E-state index in [1.54, 1.807) is 5.38 Å². The topological polar surface area (TPSA) is 51.2 Å². The van der Waals surface area contributed by atoms with Crippen LogP contribution in [0.15, 0.2) is 53.9 Å². The fraction of sp³-hybridized carbons (Fsp3) is 0.238. The molecule has 3 aromatic rings. The van der Waals surface area contributed by atoms with E-state index in [-0.39, 0.29) is 18.3 Å². The minimum atomic E-state index is -4.42. The van der Waals surface area contributed by atoms with Gasteiger partial charge >= 0.3 is 6.18 Å². The summed E-state index contributed by atoms with van der Waals surface area (Å²) >= 11 is 1.31. The molecule has 0 unspecified atom stereocenters. The van der Waals surface area contributed by atoms with Crippen LogP contribution in [0.2, 0.25) is 0 Å². The minimum Gasteiger partial charge on any atom is -0.491 e. The van der Waals surface area contributed by atoms with Gasteiger partial charge in [0, 0.05) is 17.5 Å². The zero-order chi connectivity index (χ0) is 21.0. The fourth-order valence-corrected chi connectivity index (χ4v) is 3.41. The normalized spacial score (nSPS) is 11.5. The highest BCUT2D eigenvalue weighted by Crippen LogP contribution is 2.30. The highest BCUT2D eigenvalue weighted by Gasteiger charge is 2.30. The SMILES string of the molecule is CC(C)Oc1cccc(-c2nc(C(=O)NCc3cccc(C(F)(F)F)c3)cs2)c1. The Hall–Kier alpha value is -2.87. The summed E-state index contributed by atoms with van der Waals surface area (Å²) in [4.78, 5) is 16.7. The lowest BCUT2D eigenvalue weighted by atomic mass is 10.1. The largest absolute Gasteiger partial charge is 0.491 e. The van der Waals surface area contributed by atoms with Crippen molar-refractivity contribution in [3.63, 3.8) is 0 Å². The number of rotatable bonds is 6. The Morgan fingerprint density at radius 1 is 1.17 bits per heavy atom. The molecule has 0 bridgehead atoms. The van der Waals surface area contributed by atoms with Crippen molar-refractivity contribution >= 4 is 17.2 Å². The average molecular weight is 420 g/mol. The van der Waals surface area contributed by atoms with Crippen molar-refractivity contribution in [3.05, 3.63) is 70.7 Å². The van der Waals surface area contributed by atoms with E-state index in [0.29, 0.717) is 16.3 Å². The third-order valence-corrected chi connectivity index (χ3v) is 4.79. The van der Waals surface area contributed by atoms with Gasteiger partial charge in [0.15, 0.2) is 0 Å². The number of alkyl halides is 3. The summed E-state index contributed by atoms with van der Waals surface area (Å²) in [6.45, 7) is 3.85. The highest BCUT2D eigenvalue weighted by atomic mass is 32.1. The van der Waals surface area contributed by atoms with Crippen LogP contribution in [0.25, 0.3) is 10.6 Å². The van der Waals surface area contributed by atoms with Gasteiger partial charge in [-0.25, -0.2) is 4.98 Å². The zero-order valence-corrected chi connectivity index (χ0v) is 16.6. The summed E-state index contributed by atoms with van der Waals surface area (Å²) in [6, 6.07) is 12.3. The number of benzene rings is 2. The van der Waals surface area contributed by atoms with Gasteiger partial charge in [0.05, 0.1) is 11.7 Å². The third kappa shape index (κ3) is 5.57. The van der Waals surface area contributed by atoms with Crippen LogP contribution in [0.5, 0.6) is 5.75 Å². The van der Waals surface area contributed by atoms with Crippen LogP contribution in [0, 0.1) is 0 Å². The predicted molar refractivity (Wildman–Crippen MR) is 106 cm³/mol. The Labute approximate surface area is 170 Å². The van der Waals surface area contributed by atoms with E-state index >= 15 is 0 Å². The van der Waals surface area contributed by atoms with Crippen LogP contribution in [-0.2, 0) is 12.7 Å². The van der Waals surface area contributed by atoms with Gasteiger partial charge in [-0.2, -0.15) is 13.2 Å². The van der Waals surface area contributed by atoms with Crippen molar-refractivity contribution in [1.82, 2.24) is 10.3 Å². The van der Waals surface area contributed by atoms with Crippen molar-refractivity contribution in [3.8, 4) is 16.3 Å². The Morgan fingerprint density at radius 3 is 2.66 bits per heavy atom. The van der Waals surface area contributed by atoms with Crippen molar-refractivity contribution < 1.29 is 22.7 Å². The maximum atomic E-state index is 12.8. The number of hydrogen-bond acceptors (Lipinski definition) is 4. The molecule has 0 saturated carbocycles. The molecular weight excluding hydrogens is 401 g/mol. The molecule has 4 nitrogen and oxygen atoms in total. The van der Waals surface area contributed by atoms with Crippen molar-refractivity contribution in [1.29, 1.82) is 0 Å². The lowest BCUT2D eigenvalue weighted by molar-refractivity contribution is -0.137. The number of halogens is 3. The van der Waals surface area contributed by atoms with E-state index in [9.17, 15) is 18.0 Å². The summed E-state index contributed by atoms with van der Waals surface area (Å²) < 4.78 is 44.0. The minimum absolute atomic E-state index is 0.0205. The van der Waals surface area contributed by atoms with Crippen LogP contribution >= 0.6 is 11.3 Å². The molecule has 0 aliphatic rings. The number of nitrogens with zero attached hydrogens (tertiary/aromatic N) is 1. The Kier molecular flexibility index (Phi) is 6.22. The molecule has 1 amide bonds. The van der Waals surface area contributed by atoms with Gasteiger partial charge in [0.1, 0.15) is 16.5 Å². The molecule has 0 aliphatic heterocycles. The Morgan fingerprint density at radius 2 is 1.93 bits per heavy atom. The summed E-state index contributed by atoms with van der Waals surface area (Å²) in [6.07, 6.45) is -4.38. The fourth-order valence-electron chi connectivity index (χ4n) is 2.62. The standard InChI is InChI=1S/C21H19F3N2O2S/c1-13(2)28-17-8-4-6-15(10-17)20-26-18(12-29-20)19(27)25-11-14-5-3-7-16(9-14)21(22,23)24/h3-10,12-13H,11H2,1-2H3,(H,25,27). The molecule has 8 heteroatoms. The molecule has 3 rings (SSSR count). The number of hydrogen-bond donors (Lipinski definition) is 1. The van der Waals surface area contributed by atoms with E-state index in [4.69, 9.17) is 4.74 Å². The van der Waals surface area contributed by atoms with E-state index in [1.165, 1.54) is 23.5 Å². The lowest BCUT2D eigenvalue weighted by Crippen LogP contribution is -2.23. The molecule has 1 N–H and O–H groups in total. The molecule has 0 atom stereocenters. The molecule has 0 aliphatic carbocycles. The van der Waals surface area contributed by atoms with Crippen LogP contribution in [-0.4, -0.2) is 17.0 Å². The first kappa shape index (κ1) is 20.9. The Bertz CT molecular complexity index is 999. The van der Waals surface area contributed by atoms with Gasteiger partial charge in [-0.3, -0.25) is 4.79 Å². The van der Waals surface area contributed by atoms with Gasteiger partial charge < -0.3 is 10.1 Å². The highest BCUT2D eigenvalue weighted by molar-refractivity contribution is 7.13. The van der Waals surface area contributed by atoms with Crippen molar-refractivity contribution in [2.24, 2.45) is 0 Å². The first-order valence-electron chi connectivity index (χ1n) is 8.89. The maximum absolute atomic E-state index is 12.8. The third-order valence-electron chi connectivity index (χ3n) is 3.90.